The topological polar surface area (TPSA) is 98.5 Å². The van der Waals surface area contributed by atoms with Gasteiger partial charge in [-0.3, -0.25) is 4.79 Å². The number of rotatable bonds is 5. The molecule has 3 aromatic rings. The summed E-state index contributed by atoms with van der Waals surface area (Å²) in [5.41, 5.74) is 2.20. The number of ether oxygens (including phenoxy) is 1. The molecule has 0 aliphatic carbocycles. The number of sulfonamides is 1. The third-order valence-electron chi connectivity index (χ3n) is 3.70. The lowest BCUT2D eigenvalue weighted by Gasteiger charge is -2.13. The van der Waals surface area contributed by atoms with Crippen molar-refractivity contribution in [1.82, 2.24) is 0 Å². The quantitative estimate of drug-likeness (QED) is 0.700. The van der Waals surface area contributed by atoms with E-state index in [0.717, 1.165) is 22.5 Å². The van der Waals surface area contributed by atoms with Gasteiger partial charge in [-0.1, -0.05) is 30.3 Å². The summed E-state index contributed by atoms with van der Waals surface area (Å²) in [6, 6.07) is 16.1. The SMILES string of the molecule is COc1ccc(-c2ccccc2)c(NC(=O)c2sccc2S(N)(=O)=O)c1. The number of nitrogens with one attached hydrogen (secondary N) is 1. The fourth-order valence-electron chi connectivity index (χ4n) is 2.49. The molecule has 0 saturated carbocycles. The van der Waals surface area contributed by atoms with Gasteiger partial charge in [-0.25, -0.2) is 13.6 Å². The highest BCUT2D eigenvalue weighted by atomic mass is 32.2. The van der Waals surface area contributed by atoms with E-state index in [0.29, 0.717) is 11.4 Å². The molecule has 0 bridgehead atoms. The van der Waals surface area contributed by atoms with Gasteiger partial charge < -0.3 is 10.1 Å². The third-order valence-corrected chi connectivity index (χ3v) is 5.70. The predicted octanol–water partition coefficient (Wildman–Crippen LogP) is 3.32. The van der Waals surface area contributed by atoms with Crippen molar-refractivity contribution in [2.75, 3.05) is 12.4 Å². The second kappa shape index (κ2) is 7.28. The Kier molecular flexibility index (Phi) is 5.08. The molecule has 8 heteroatoms. The number of amides is 1. The zero-order chi connectivity index (χ0) is 18.7. The van der Waals surface area contributed by atoms with Crippen LogP contribution < -0.4 is 15.2 Å². The molecule has 26 heavy (non-hydrogen) atoms. The van der Waals surface area contributed by atoms with E-state index in [2.05, 4.69) is 5.32 Å². The zero-order valence-corrected chi connectivity index (χ0v) is 15.4. The molecule has 3 N–H and O–H groups in total. The normalized spacial score (nSPS) is 11.2. The molecule has 0 saturated heterocycles. The Bertz CT molecular complexity index is 1040. The Balaban J connectivity index is 2.02. The number of hydrogen-bond acceptors (Lipinski definition) is 5. The molecular weight excluding hydrogens is 372 g/mol. The summed E-state index contributed by atoms with van der Waals surface area (Å²) < 4.78 is 28.5. The number of carbonyl (C=O) groups is 1. The minimum Gasteiger partial charge on any atom is -0.497 e. The summed E-state index contributed by atoms with van der Waals surface area (Å²) in [5.74, 6) is 0.0206. The van der Waals surface area contributed by atoms with E-state index in [1.165, 1.54) is 18.6 Å². The molecule has 2 aromatic carbocycles. The second-order valence-electron chi connectivity index (χ2n) is 5.39. The van der Waals surface area contributed by atoms with Crippen LogP contribution in [0.15, 0.2) is 64.9 Å². The van der Waals surface area contributed by atoms with Gasteiger partial charge in [-0.2, -0.15) is 0 Å². The fraction of sp³-hybridized carbons (Fsp3) is 0.0556. The highest BCUT2D eigenvalue weighted by Crippen LogP contribution is 2.32. The smallest absolute Gasteiger partial charge is 0.267 e. The maximum Gasteiger partial charge on any atom is 0.267 e. The lowest BCUT2D eigenvalue weighted by Crippen LogP contribution is -2.18. The van der Waals surface area contributed by atoms with Crippen molar-refractivity contribution in [3.05, 3.63) is 64.9 Å². The van der Waals surface area contributed by atoms with Gasteiger partial charge in [0.05, 0.1) is 12.8 Å². The van der Waals surface area contributed by atoms with Gasteiger partial charge in [0.1, 0.15) is 15.5 Å². The van der Waals surface area contributed by atoms with Crippen molar-refractivity contribution in [2.24, 2.45) is 5.14 Å². The molecule has 1 aromatic heterocycles. The molecule has 1 heterocycles. The first-order valence-electron chi connectivity index (χ1n) is 7.55. The van der Waals surface area contributed by atoms with Crippen LogP contribution in [0, 0.1) is 0 Å². The van der Waals surface area contributed by atoms with Crippen molar-refractivity contribution in [1.29, 1.82) is 0 Å². The molecule has 0 aliphatic rings. The summed E-state index contributed by atoms with van der Waals surface area (Å²) in [4.78, 5) is 12.5. The zero-order valence-electron chi connectivity index (χ0n) is 13.8. The molecule has 0 unspecified atom stereocenters. The van der Waals surface area contributed by atoms with Crippen LogP contribution >= 0.6 is 11.3 Å². The van der Waals surface area contributed by atoms with Crippen LogP contribution in [-0.4, -0.2) is 21.4 Å². The average molecular weight is 388 g/mol. The maximum atomic E-state index is 12.7. The molecule has 3 rings (SSSR count). The van der Waals surface area contributed by atoms with Crippen molar-refractivity contribution in [3.63, 3.8) is 0 Å². The summed E-state index contributed by atoms with van der Waals surface area (Å²) in [5, 5.41) is 9.46. The number of thiophene rings is 1. The van der Waals surface area contributed by atoms with Gasteiger partial charge in [0, 0.05) is 11.6 Å². The molecule has 0 spiro atoms. The summed E-state index contributed by atoms with van der Waals surface area (Å²) in [6.45, 7) is 0. The van der Waals surface area contributed by atoms with Crippen LogP contribution in [-0.2, 0) is 10.0 Å². The fourth-order valence-corrected chi connectivity index (χ4v) is 4.36. The van der Waals surface area contributed by atoms with E-state index in [4.69, 9.17) is 9.88 Å². The largest absolute Gasteiger partial charge is 0.497 e. The van der Waals surface area contributed by atoms with Crippen LogP contribution in [0.25, 0.3) is 11.1 Å². The Hall–Kier alpha value is -2.68. The number of benzene rings is 2. The van der Waals surface area contributed by atoms with Gasteiger partial charge >= 0.3 is 0 Å². The molecule has 0 aliphatic heterocycles. The van der Waals surface area contributed by atoms with Crippen molar-refractivity contribution in [2.45, 2.75) is 4.90 Å². The number of anilines is 1. The number of methoxy groups -OCH3 is 1. The first-order valence-corrected chi connectivity index (χ1v) is 9.98. The molecule has 134 valence electrons. The number of primary sulfonamides is 1. The lowest BCUT2D eigenvalue weighted by atomic mass is 10.0. The van der Waals surface area contributed by atoms with Gasteiger partial charge in [-0.05, 0) is 29.1 Å². The Morgan fingerprint density at radius 2 is 1.85 bits per heavy atom. The van der Waals surface area contributed by atoms with E-state index in [1.807, 2.05) is 36.4 Å². The number of hydrogen-bond donors (Lipinski definition) is 2. The van der Waals surface area contributed by atoms with E-state index in [9.17, 15) is 13.2 Å². The minimum atomic E-state index is -3.98. The number of nitrogens with two attached hydrogens (primary N) is 1. The Labute approximate surface area is 155 Å². The first-order chi connectivity index (χ1) is 12.4. The van der Waals surface area contributed by atoms with Crippen LogP contribution in [0.1, 0.15) is 9.67 Å². The van der Waals surface area contributed by atoms with Crippen LogP contribution in [0.3, 0.4) is 0 Å². The monoisotopic (exact) mass is 388 g/mol. The van der Waals surface area contributed by atoms with Gasteiger partial charge in [-0.15, -0.1) is 11.3 Å². The van der Waals surface area contributed by atoms with Gasteiger partial charge in [0.15, 0.2) is 0 Å². The molecule has 0 radical (unpaired) electrons. The van der Waals surface area contributed by atoms with Gasteiger partial charge in [0.25, 0.3) is 5.91 Å². The second-order valence-corrected chi connectivity index (χ2v) is 7.84. The Morgan fingerprint density at radius 1 is 1.12 bits per heavy atom. The van der Waals surface area contributed by atoms with E-state index >= 15 is 0 Å². The standard InChI is InChI=1S/C18H16N2O4S2/c1-24-13-7-8-14(12-5-3-2-4-6-12)15(11-13)20-18(21)17-16(9-10-25-17)26(19,22)23/h2-11H,1H3,(H,20,21)(H2,19,22,23). The van der Waals surface area contributed by atoms with Crippen molar-refractivity contribution < 1.29 is 17.9 Å². The summed E-state index contributed by atoms with van der Waals surface area (Å²) in [6.07, 6.45) is 0. The van der Waals surface area contributed by atoms with Crippen LogP contribution in [0.4, 0.5) is 5.69 Å². The van der Waals surface area contributed by atoms with E-state index in [-0.39, 0.29) is 9.77 Å². The molecule has 0 atom stereocenters. The minimum absolute atomic E-state index is 0.0364. The molecule has 6 nitrogen and oxygen atoms in total. The van der Waals surface area contributed by atoms with Gasteiger partial charge in [0.2, 0.25) is 10.0 Å². The average Bonchev–Trinajstić information content (AvgIpc) is 3.13. The molecular formula is C18H16N2O4S2. The maximum absolute atomic E-state index is 12.7. The molecule has 1 amide bonds. The van der Waals surface area contributed by atoms with E-state index < -0.39 is 15.9 Å². The summed E-state index contributed by atoms with van der Waals surface area (Å²) in [7, 11) is -2.45. The van der Waals surface area contributed by atoms with Crippen LogP contribution in [0.2, 0.25) is 0 Å². The third kappa shape index (κ3) is 3.77. The highest BCUT2D eigenvalue weighted by Gasteiger charge is 2.22. The highest BCUT2D eigenvalue weighted by molar-refractivity contribution is 7.89. The number of carbonyl (C=O) groups excluding carboxylic acids is 1. The first kappa shape index (κ1) is 18.1. The lowest BCUT2D eigenvalue weighted by molar-refractivity contribution is 0.102. The van der Waals surface area contributed by atoms with Crippen molar-refractivity contribution >= 4 is 33.0 Å². The van der Waals surface area contributed by atoms with Crippen molar-refractivity contribution in [3.8, 4) is 16.9 Å². The Morgan fingerprint density at radius 3 is 2.50 bits per heavy atom. The van der Waals surface area contributed by atoms with E-state index in [1.54, 1.807) is 12.1 Å². The molecule has 0 fully saturated rings. The predicted molar refractivity (Wildman–Crippen MR) is 102 cm³/mol. The summed E-state index contributed by atoms with van der Waals surface area (Å²) >= 11 is 1.01. The van der Waals surface area contributed by atoms with Crippen LogP contribution in [0.5, 0.6) is 5.75 Å².